The molecule has 0 spiro atoms. The molecule has 32 nitrogen and oxygen atoms in total. The average molecular weight is 1900 g/mol. The standard InChI is InChI=1S/C30H27FN8.C28H23FN8.C26H21FN8.C23H15FN8/c31-23-7-3-6-20(9-23)25-16-34-17-26-27(25)37-30(36-26)28-24-10-22(15-35-29(24)39-38-28)21-8-19(13-33-14-21)12-32-11-18-4-1-2-5-18;29-19-5-3-4-16(8-19)23-14-31-15-24-25(23)35-28(34-24)26-22-10-18(12-32-27(22)37-36-26)17-9-21(13-30-11-17)33-20-6-1-2-7-20;1-2-28-9-15-6-17(11-29-10-15)18-8-20-24(34-35-25(20)31-12-18)26-32-22-14-30-13-21(23(22)33-26)16-4-3-5-19(27)7-16;24-15-3-1-12(2-4-15)18-10-27-11-19-20(18)30-23(29-19)21-17-6-14(8-28-22(17)32-31-21)13-5-16(25)9-26-7-13/h3,6-10,13-18,32H,1-2,4-5,11-12H2,(H,36,37)(H,35,38,39);3-5,8-15,20,33H,1-2,6-7H2,(H,34,35)(H,32,36,37);3-8,10-14,28H,2,9H2,1H3,(H,32,33)(H,31,34,35);1-11H,25H2,(H,29,30)(H,28,31,32). The quantitative estimate of drug-likeness (QED) is 0.0297. The highest BCUT2D eigenvalue weighted by atomic mass is 19.1. The molecule has 13 N–H and O–H groups in total. The molecule has 2 fully saturated rings. The van der Waals surface area contributed by atoms with E-state index in [4.69, 9.17) is 25.7 Å². The lowest BCUT2D eigenvalue weighted by Gasteiger charge is -2.13. The number of nitrogens with two attached hydrogens (primary N) is 1. The molecule has 26 rings (SSSR count). The van der Waals surface area contributed by atoms with Crippen LogP contribution in [-0.2, 0) is 13.1 Å². The van der Waals surface area contributed by atoms with Crippen molar-refractivity contribution >= 4 is 99.6 Å². The van der Waals surface area contributed by atoms with Crippen LogP contribution < -0.4 is 21.7 Å². The van der Waals surface area contributed by atoms with Crippen molar-refractivity contribution < 1.29 is 17.6 Å². The second-order valence-electron chi connectivity index (χ2n) is 35.3. The summed E-state index contributed by atoms with van der Waals surface area (Å²) in [5.41, 5.74) is 34.3. The summed E-state index contributed by atoms with van der Waals surface area (Å²) in [7, 11) is 0. The zero-order valence-corrected chi connectivity index (χ0v) is 76.6. The van der Waals surface area contributed by atoms with Crippen LogP contribution in [0.5, 0.6) is 0 Å². The minimum atomic E-state index is -0.308. The first kappa shape index (κ1) is 88.6. The maximum atomic E-state index is 13.9. The van der Waals surface area contributed by atoms with Crippen LogP contribution in [0.25, 0.3) is 223 Å². The lowest BCUT2D eigenvalue weighted by Crippen LogP contribution is -2.20. The van der Waals surface area contributed by atoms with Gasteiger partial charge in [0.1, 0.15) is 46.0 Å². The number of H-pyrrole nitrogens is 8. The molecule has 0 bridgehead atoms. The number of rotatable bonds is 21. The van der Waals surface area contributed by atoms with Gasteiger partial charge in [-0.05, 0) is 175 Å². The highest BCUT2D eigenvalue weighted by Gasteiger charge is 2.26. The van der Waals surface area contributed by atoms with Gasteiger partial charge in [0, 0.05) is 185 Å². The lowest BCUT2D eigenvalue weighted by molar-refractivity contribution is 0.489. The van der Waals surface area contributed by atoms with E-state index < -0.39 is 0 Å². The van der Waals surface area contributed by atoms with Crippen molar-refractivity contribution in [2.45, 2.75) is 77.4 Å². The highest BCUT2D eigenvalue weighted by molar-refractivity contribution is 6.02. The minimum Gasteiger partial charge on any atom is -0.397 e. The molecule has 0 saturated heterocycles. The van der Waals surface area contributed by atoms with Gasteiger partial charge in [0.15, 0.2) is 45.9 Å². The molecule has 702 valence electrons. The SMILES string of the molecule is CCNCc1cncc(-c2cnc3n[nH]c(-c4nc5c(-c6cccc(F)c6)cncc5[nH]4)c3c2)c1.Fc1cccc(-c2cncc3[nH]c(-c4[nH]nc5ncc(-c6cncc(CNCC7CCCC7)c6)cc45)nc23)c1.Fc1cccc(-c2cncc3[nH]c(-c4[nH]nc5ncc(-c6cncc(NC7CCCC7)c6)cc45)nc23)c1.Nc1cncc(-c2cnc3n[nH]c(-c4nc5c(-c6ccc(F)cc6)cncc5[nH]4)c3c2)c1. The van der Waals surface area contributed by atoms with Crippen LogP contribution in [0.15, 0.2) is 270 Å². The molecule has 20 heterocycles. The first-order valence-corrected chi connectivity index (χ1v) is 46.8. The molecule has 4 aromatic carbocycles. The van der Waals surface area contributed by atoms with Crippen LogP contribution in [-0.4, -0.2) is 160 Å². The van der Waals surface area contributed by atoms with E-state index in [2.05, 4.69) is 174 Å². The van der Waals surface area contributed by atoms with Crippen LogP contribution in [0.1, 0.15) is 69.4 Å². The molecule has 36 heteroatoms. The number of anilines is 2. The third kappa shape index (κ3) is 18.6. The van der Waals surface area contributed by atoms with E-state index in [0.717, 1.165) is 187 Å². The van der Waals surface area contributed by atoms with Crippen molar-refractivity contribution in [2.75, 3.05) is 24.1 Å². The molecule has 0 aliphatic heterocycles. The van der Waals surface area contributed by atoms with Gasteiger partial charge in [0.05, 0.1) is 102 Å². The summed E-state index contributed by atoms with van der Waals surface area (Å²) in [6.45, 7) is 5.58. The summed E-state index contributed by atoms with van der Waals surface area (Å²) in [6, 6.07) is 42.4. The Hall–Kier alpha value is -18.3. The smallest absolute Gasteiger partial charge is 0.181 e. The lowest BCUT2D eigenvalue weighted by atomic mass is 10.1. The van der Waals surface area contributed by atoms with Crippen LogP contribution in [0.3, 0.4) is 0 Å². The fraction of sp³-hybridized carbons (Fsp3) is 0.140. The second-order valence-corrected chi connectivity index (χ2v) is 35.3. The number of halogens is 4. The molecule has 2 aliphatic rings. The molecule has 24 aromatic rings. The topological polar surface area (TPSA) is 446 Å². The number of pyridine rings is 12. The Morgan fingerprint density at radius 2 is 0.657 bits per heavy atom. The van der Waals surface area contributed by atoms with E-state index in [1.165, 1.54) is 99.9 Å². The van der Waals surface area contributed by atoms with Crippen molar-refractivity contribution in [3.63, 3.8) is 0 Å². The number of aromatic nitrogens is 28. The Morgan fingerprint density at radius 1 is 0.315 bits per heavy atom. The van der Waals surface area contributed by atoms with Gasteiger partial charge in [-0.2, -0.15) is 20.4 Å². The number of hydrogen-bond donors (Lipinski definition) is 12. The summed E-state index contributed by atoms with van der Waals surface area (Å²) < 4.78 is 55.0. The molecule has 0 atom stereocenters. The van der Waals surface area contributed by atoms with Gasteiger partial charge in [0.25, 0.3) is 0 Å². The maximum absolute atomic E-state index is 13.9. The largest absolute Gasteiger partial charge is 0.397 e. The molecule has 0 amide bonds. The number of aromatic amines is 8. The number of imidazole rings is 4. The van der Waals surface area contributed by atoms with Gasteiger partial charge < -0.3 is 41.6 Å². The molecular weight excluding hydrogens is 1810 g/mol. The Balaban J connectivity index is 0.000000106. The van der Waals surface area contributed by atoms with Gasteiger partial charge in [0.2, 0.25) is 0 Å². The number of hydrogen-bond acceptors (Lipinski definition) is 24. The van der Waals surface area contributed by atoms with Crippen LogP contribution >= 0.6 is 0 Å². The first-order chi connectivity index (χ1) is 70.3. The zero-order chi connectivity index (χ0) is 96.4. The van der Waals surface area contributed by atoms with Gasteiger partial charge in [-0.3, -0.25) is 60.3 Å². The Kier molecular flexibility index (Phi) is 24.1. The van der Waals surface area contributed by atoms with Crippen LogP contribution in [0.2, 0.25) is 0 Å². The fourth-order valence-corrected chi connectivity index (χ4v) is 18.6. The monoisotopic (exact) mass is 1890 g/mol. The molecule has 143 heavy (non-hydrogen) atoms. The third-order valence-corrected chi connectivity index (χ3v) is 25.7. The summed E-state index contributed by atoms with van der Waals surface area (Å²) in [4.78, 5) is 85.6. The molecular formula is C107H86F4N32. The van der Waals surface area contributed by atoms with E-state index in [9.17, 15) is 17.6 Å². The molecule has 20 aromatic heterocycles. The second kappa shape index (κ2) is 38.9. The van der Waals surface area contributed by atoms with Crippen LogP contribution in [0, 0.1) is 29.2 Å². The van der Waals surface area contributed by atoms with Gasteiger partial charge in [-0.25, -0.2) is 57.4 Å². The molecule has 2 aliphatic carbocycles. The maximum Gasteiger partial charge on any atom is 0.181 e. The van der Waals surface area contributed by atoms with E-state index >= 15 is 0 Å². The van der Waals surface area contributed by atoms with Crippen LogP contribution in [0.4, 0.5) is 28.9 Å². The summed E-state index contributed by atoms with van der Waals surface area (Å²) in [5.74, 6) is 2.01. The minimum absolute atomic E-state index is 0.292. The van der Waals surface area contributed by atoms with E-state index in [0.29, 0.717) is 96.7 Å². The third-order valence-electron chi connectivity index (χ3n) is 25.7. The average Bonchev–Trinajstić information content (AvgIpc) is 1.63. The Labute approximate surface area is 810 Å². The van der Waals surface area contributed by atoms with E-state index in [1.54, 1.807) is 105 Å². The highest BCUT2D eigenvalue weighted by Crippen LogP contribution is 2.41. The summed E-state index contributed by atoms with van der Waals surface area (Å²) >= 11 is 0. The summed E-state index contributed by atoms with van der Waals surface area (Å²) in [6.07, 6.45) is 45.7. The van der Waals surface area contributed by atoms with Crippen molar-refractivity contribution in [1.82, 2.24) is 151 Å². The van der Waals surface area contributed by atoms with Gasteiger partial charge >= 0.3 is 0 Å². The normalized spacial score (nSPS) is 12.8. The predicted molar refractivity (Wildman–Crippen MR) is 543 cm³/mol. The molecule has 2 saturated carbocycles. The number of nitrogens with zero attached hydrogens (tertiary/aromatic N) is 20. The Morgan fingerprint density at radius 3 is 1.04 bits per heavy atom. The predicted octanol–water partition coefficient (Wildman–Crippen LogP) is 21.4. The fourth-order valence-electron chi connectivity index (χ4n) is 18.6. The van der Waals surface area contributed by atoms with Crippen molar-refractivity contribution in [1.29, 1.82) is 0 Å². The number of benzene rings is 4. The van der Waals surface area contributed by atoms with Gasteiger partial charge in [-0.15, -0.1) is 0 Å². The number of nitrogen functional groups attached to an aromatic ring is 1. The van der Waals surface area contributed by atoms with E-state index in [-0.39, 0.29) is 23.3 Å². The van der Waals surface area contributed by atoms with Crippen molar-refractivity contribution in [3.05, 3.63) is 304 Å². The van der Waals surface area contributed by atoms with Crippen molar-refractivity contribution in [2.24, 2.45) is 5.92 Å². The number of fused-ring (bicyclic) bond motifs is 8. The first-order valence-electron chi connectivity index (χ1n) is 46.8. The van der Waals surface area contributed by atoms with Crippen molar-refractivity contribution in [3.8, 4) is 135 Å². The molecule has 0 unspecified atom stereocenters. The van der Waals surface area contributed by atoms with Gasteiger partial charge in [-0.1, -0.05) is 81.1 Å². The molecule has 0 radical (unpaired) electrons. The summed E-state index contributed by atoms with van der Waals surface area (Å²) in [5, 5.41) is 43.6. The number of nitrogens with one attached hydrogen (secondary N) is 11. The Bertz CT molecular complexity index is 8830. The van der Waals surface area contributed by atoms with E-state index in [1.807, 2.05) is 86.0 Å². The zero-order valence-electron chi connectivity index (χ0n) is 76.6.